The van der Waals surface area contributed by atoms with Crippen LogP contribution in [0.2, 0.25) is 0 Å². The van der Waals surface area contributed by atoms with Crippen molar-refractivity contribution in [1.29, 1.82) is 0 Å². The van der Waals surface area contributed by atoms with Crippen molar-refractivity contribution in [2.45, 2.75) is 38.9 Å². The Hall–Kier alpha value is -1.20. The third-order valence-corrected chi connectivity index (χ3v) is 5.30. The molecular formula is C19H29BrIN7. The van der Waals surface area contributed by atoms with Crippen LogP contribution in [0.1, 0.15) is 31.2 Å². The van der Waals surface area contributed by atoms with Gasteiger partial charge >= 0.3 is 0 Å². The Kier molecular flexibility index (Phi) is 9.66. The molecule has 3 rings (SSSR count). The number of hydrogen-bond acceptors (Lipinski definition) is 4. The van der Waals surface area contributed by atoms with Gasteiger partial charge in [0, 0.05) is 43.7 Å². The van der Waals surface area contributed by atoms with E-state index in [4.69, 9.17) is 0 Å². The molecule has 2 N–H and O–H groups in total. The summed E-state index contributed by atoms with van der Waals surface area (Å²) in [6.45, 7) is 6.65. The number of piperidine rings is 1. The molecule has 0 amide bonds. The maximum atomic E-state index is 4.66. The van der Waals surface area contributed by atoms with E-state index in [0.717, 1.165) is 55.3 Å². The predicted octanol–water partition coefficient (Wildman–Crippen LogP) is 2.92. The largest absolute Gasteiger partial charge is 0.357 e. The molecule has 9 heteroatoms. The highest BCUT2D eigenvalue weighted by molar-refractivity contribution is 14.0. The van der Waals surface area contributed by atoms with E-state index in [2.05, 4.69) is 77.8 Å². The number of aryl methyl sites for hydroxylation is 1. The predicted molar refractivity (Wildman–Crippen MR) is 127 cm³/mol. The summed E-state index contributed by atoms with van der Waals surface area (Å²) in [4.78, 5) is 7.18. The number of nitrogens with one attached hydrogen (secondary N) is 2. The molecule has 0 radical (unpaired) electrons. The van der Waals surface area contributed by atoms with Crippen LogP contribution in [0.5, 0.6) is 0 Å². The van der Waals surface area contributed by atoms with Crippen molar-refractivity contribution in [2.75, 3.05) is 19.6 Å². The van der Waals surface area contributed by atoms with Gasteiger partial charge in [0.1, 0.15) is 12.9 Å². The Morgan fingerprint density at radius 1 is 1.25 bits per heavy atom. The summed E-state index contributed by atoms with van der Waals surface area (Å²) in [6.07, 6.45) is 3.93. The van der Waals surface area contributed by atoms with Crippen LogP contribution in [-0.4, -0.2) is 51.3 Å². The fourth-order valence-electron chi connectivity index (χ4n) is 3.20. The summed E-state index contributed by atoms with van der Waals surface area (Å²) in [5, 5.41) is 14.9. The Bertz CT molecular complexity index is 739. The van der Waals surface area contributed by atoms with Gasteiger partial charge in [0.05, 0.1) is 0 Å². The molecule has 1 saturated heterocycles. The molecule has 0 aliphatic carbocycles. The first kappa shape index (κ1) is 23.1. The molecule has 28 heavy (non-hydrogen) atoms. The van der Waals surface area contributed by atoms with Crippen molar-refractivity contribution in [3.8, 4) is 0 Å². The van der Waals surface area contributed by atoms with Gasteiger partial charge in [-0.2, -0.15) is 0 Å². The van der Waals surface area contributed by atoms with Crippen LogP contribution in [0.15, 0.2) is 40.1 Å². The lowest BCUT2D eigenvalue weighted by Crippen LogP contribution is -2.48. The fourth-order valence-corrected chi connectivity index (χ4v) is 3.46. The summed E-state index contributed by atoms with van der Waals surface area (Å²) in [5.41, 5.74) is 1.36. The molecule has 2 heterocycles. The first-order chi connectivity index (χ1) is 13.1. The van der Waals surface area contributed by atoms with Gasteiger partial charge in [-0.15, -0.1) is 34.2 Å². The topological polar surface area (TPSA) is 70.4 Å². The Morgan fingerprint density at radius 3 is 2.57 bits per heavy atom. The van der Waals surface area contributed by atoms with E-state index in [1.165, 1.54) is 5.56 Å². The highest BCUT2D eigenvalue weighted by Crippen LogP contribution is 2.16. The Labute approximate surface area is 192 Å². The number of aliphatic imine (C=N–C) groups is 1. The van der Waals surface area contributed by atoms with E-state index < -0.39 is 0 Å². The second kappa shape index (κ2) is 11.7. The van der Waals surface area contributed by atoms with Crippen LogP contribution in [0.4, 0.5) is 0 Å². The maximum Gasteiger partial charge on any atom is 0.191 e. The standard InChI is InChI=1S/C19H28BrN7.HI/c1-3-21-19(22-12-18-25-23-14-26(18)2)24-17-8-10-27(11-9-17)13-15-4-6-16(20)7-5-15;/h4-7,14,17H,3,8-13H2,1-2H3,(H2,21,22,24);1H. The minimum absolute atomic E-state index is 0. The second-order valence-corrected chi connectivity index (χ2v) is 7.79. The number of likely N-dealkylation sites (tertiary alicyclic amines) is 1. The van der Waals surface area contributed by atoms with E-state index in [9.17, 15) is 0 Å². The van der Waals surface area contributed by atoms with Crippen molar-refractivity contribution in [3.05, 3.63) is 46.5 Å². The molecule has 1 aromatic heterocycles. The van der Waals surface area contributed by atoms with E-state index >= 15 is 0 Å². The number of aromatic nitrogens is 3. The van der Waals surface area contributed by atoms with Gasteiger partial charge in [0.25, 0.3) is 0 Å². The monoisotopic (exact) mass is 561 g/mol. The molecule has 1 aliphatic heterocycles. The van der Waals surface area contributed by atoms with Crippen LogP contribution < -0.4 is 10.6 Å². The molecular weight excluding hydrogens is 533 g/mol. The summed E-state index contributed by atoms with van der Waals surface area (Å²) < 4.78 is 3.03. The van der Waals surface area contributed by atoms with E-state index in [1.807, 2.05) is 11.6 Å². The number of halogens is 2. The van der Waals surface area contributed by atoms with Gasteiger partial charge < -0.3 is 15.2 Å². The number of nitrogens with zero attached hydrogens (tertiary/aromatic N) is 5. The lowest BCUT2D eigenvalue weighted by Gasteiger charge is -2.33. The van der Waals surface area contributed by atoms with Crippen molar-refractivity contribution in [3.63, 3.8) is 0 Å². The average molecular weight is 562 g/mol. The zero-order chi connectivity index (χ0) is 19.1. The summed E-state index contributed by atoms with van der Waals surface area (Å²) in [7, 11) is 1.94. The first-order valence-electron chi connectivity index (χ1n) is 9.48. The lowest BCUT2D eigenvalue weighted by atomic mass is 10.0. The van der Waals surface area contributed by atoms with Gasteiger partial charge in [-0.05, 0) is 37.5 Å². The average Bonchev–Trinajstić information content (AvgIpc) is 3.08. The minimum atomic E-state index is 0. The van der Waals surface area contributed by atoms with Crippen molar-refractivity contribution in [1.82, 2.24) is 30.3 Å². The number of guanidine groups is 1. The Balaban J connectivity index is 0.00000280. The van der Waals surface area contributed by atoms with E-state index in [0.29, 0.717) is 12.6 Å². The van der Waals surface area contributed by atoms with E-state index in [-0.39, 0.29) is 24.0 Å². The smallest absolute Gasteiger partial charge is 0.191 e. The number of benzene rings is 1. The molecule has 0 atom stereocenters. The quantitative estimate of drug-likeness (QED) is 0.322. The molecule has 7 nitrogen and oxygen atoms in total. The number of hydrogen-bond donors (Lipinski definition) is 2. The molecule has 0 bridgehead atoms. The zero-order valence-electron chi connectivity index (χ0n) is 16.4. The molecule has 0 unspecified atom stereocenters. The van der Waals surface area contributed by atoms with Crippen LogP contribution in [0.25, 0.3) is 0 Å². The first-order valence-corrected chi connectivity index (χ1v) is 10.3. The van der Waals surface area contributed by atoms with Crippen LogP contribution in [-0.2, 0) is 20.1 Å². The second-order valence-electron chi connectivity index (χ2n) is 6.87. The molecule has 0 spiro atoms. The lowest BCUT2D eigenvalue weighted by molar-refractivity contribution is 0.198. The van der Waals surface area contributed by atoms with Gasteiger partial charge in [0.2, 0.25) is 0 Å². The van der Waals surface area contributed by atoms with E-state index in [1.54, 1.807) is 6.33 Å². The maximum absolute atomic E-state index is 4.66. The van der Waals surface area contributed by atoms with Gasteiger partial charge in [-0.1, -0.05) is 28.1 Å². The number of rotatable bonds is 6. The molecule has 1 fully saturated rings. The molecule has 1 aromatic carbocycles. The SMILES string of the molecule is CCNC(=NCc1nncn1C)NC1CCN(Cc2ccc(Br)cc2)CC1.I. The summed E-state index contributed by atoms with van der Waals surface area (Å²) in [6, 6.07) is 9.05. The molecule has 154 valence electrons. The van der Waals surface area contributed by atoms with Crippen LogP contribution >= 0.6 is 39.9 Å². The minimum Gasteiger partial charge on any atom is -0.357 e. The fraction of sp³-hybridized carbons (Fsp3) is 0.526. The molecule has 2 aromatic rings. The molecule has 0 saturated carbocycles. The zero-order valence-corrected chi connectivity index (χ0v) is 20.4. The Morgan fingerprint density at radius 2 is 1.96 bits per heavy atom. The van der Waals surface area contributed by atoms with Gasteiger partial charge in [0.15, 0.2) is 11.8 Å². The van der Waals surface area contributed by atoms with Crippen LogP contribution in [0.3, 0.4) is 0 Å². The normalized spacial score (nSPS) is 15.9. The summed E-state index contributed by atoms with van der Waals surface area (Å²) >= 11 is 3.50. The highest BCUT2D eigenvalue weighted by Gasteiger charge is 2.20. The van der Waals surface area contributed by atoms with Crippen molar-refractivity contribution in [2.24, 2.45) is 12.0 Å². The third-order valence-electron chi connectivity index (χ3n) is 4.78. The third kappa shape index (κ3) is 7.00. The van der Waals surface area contributed by atoms with Crippen molar-refractivity contribution < 1.29 is 0 Å². The van der Waals surface area contributed by atoms with Crippen molar-refractivity contribution >= 4 is 45.9 Å². The molecule has 1 aliphatic rings. The summed E-state index contributed by atoms with van der Waals surface area (Å²) in [5.74, 6) is 1.71. The highest BCUT2D eigenvalue weighted by atomic mass is 127. The van der Waals surface area contributed by atoms with Crippen LogP contribution in [0, 0.1) is 0 Å². The van der Waals surface area contributed by atoms with Gasteiger partial charge in [-0.25, -0.2) is 4.99 Å². The van der Waals surface area contributed by atoms with Gasteiger partial charge in [-0.3, -0.25) is 4.90 Å².